The minimum absolute atomic E-state index is 0.166. The summed E-state index contributed by atoms with van der Waals surface area (Å²) in [4.78, 5) is 36.8. The first kappa shape index (κ1) is 26.7. The lowest BCUT2D eigenvalue weighted by Crippen LogP contribution is -2.52. The molecule has 0 saturated carbocycles. The third-order valence-corrected chi connectivity index (χ3v) is 5.89. The number of aromatic nitrogens is 2. The van der Waals surface area contributed by atoms with Gasteiger partial charge in [0.15, 0.2) is 5.69 Å². The number of ether oxygens (including phenoxy) is 1. The van der Waals surface area contributed by atoms with Crippen LogP contribution < -0.4 is 10.2 Å². The topological polar surface area (TPSA) is 101 Å². The number of pyridine rings is 1. The van der Waals surface area contributed by atoms with Gasteiger partial charge in [-0.25, -0.2) is 14.8 Å². The lowest BCUT2D eigenvalue weighted by Gasteiger charge is -2.41. The number of alkyl halides is 3. The highest BCUT2D eigenvalue weighted by Crippen LogP contribution is 2.35. The number of rotatable bonds is 6. The molecule has 12 heteroatoms. The van der Waals surface area contributed by atoms with Crippen molar-refractivity contribution in [3.8, 4) is 11.5 Å². The first-order valence-electron chi connectivity index (χ1n) is 11.8. The Kier molecular flexibility index (Phi) is 7.70. The van der Waals surface area contributed by atoms with Crippen molar-refractivity contribution < 1.29 is 31.9 Å². The predicted octanol–water partition coefficient (Wildman–Crippen LogP) is 5.93. The fourth-order valence-electron chi connectivity index (χ4n) is 4.12. The molecule has 38 heavy (non-hydrogen) atoms. The van der Waals surface area contributed by atoms with E-state index in [0.717, 1.165) is 12.8 Å². The van der Waals surface area contributed by atoms with E-state index < -0.39 is 29.6 Å². The zero-order valence-corrected chi connectivity index (χ0v) is 20.8. The summed E-state index contributed by atoms with van der Waals surface area (Å²) in [5.74, 6) is -2.08. The summed E-state index contributed by atoms with van der Waals surface area (Å²) in [6.07, 6.45) is -1.96. The molecular formula is C26H26F3N5O4. The van der Waals surface area contributed by atoms with Crippen LogP contribution >= 0.6 is 0 Å². The van der Waals surface area contributed by atoms with Gasteiger partial charge in [0.2, 0.25) is 11.7 Å². The van der Waals surface area contributed by atoms with Crippen LogP contribution in [-0.2, 0) is 10.9 Å². The van der Waals surface area contributed by atoms with Crippen LogP contribution in [0.3, 0.4) is 0 Å². The molecule has 1 fully saturated rings. The normalized spacial score (nSPS) is 15.6. The second-order valence-electron chi connectivity index (χ2n) is 8.77. The van der Waals surface area contributed by atoms with Gasteiger partial charge in [-0.3, -0.25) is 9.69 Å². The van der Waals surface area contributed by atoms with Crippen molar-refractivity contribution in [2.45, 2.75) is 38.5 Å². The molecule has 3 aromatic rings. The van der Waals surface area contributed by atoms with Gasteiger partial charge in [-0.05, 0) is 50.5 Å². The number of hydrogen-bond acceptors (Lipinski definition) is 7. The van der Waals surface area contributed by atoms with Crippen LogP contribution in [0.2, 0.25) is 0 Å². The maximum Gasteiger partial charge on any atom is 0.452 e. The summed E-state index contributed by atoms with van der Waals surface area (Å²) < 4.78 is 50.8. The molecule has 1 saturated heterocycles. The molecule has 1 unspecified atom stereocenters. The highest BCUT2D eigenvalue weighted by molar-refractivity contribution is 6.04. The van der Waals surface area contributed by atoms with E-state index in [9.17, 15) is 22.8 Å². The molecule has 200 valence electrons. The average molecular weight is 530 g/mol. The average Bonchev–Trinajstić information content (AvgIpc) is 3.36. The third-order valence-electron chi connectivity index (χ3n) is 5.89. The highest BCUT2D eigenvalue weighted by Gasteiger charge is 2.42. The molecule has 1 N–H and O–H groups in total. The molecule has 1 atom stereocenters. The first-order chi connectivity index (χ1) is 18.0. The van der Waals surface area contributed by atoms with E-state index in [2.05, 4.69) is 21.9 Å². The standard InChI is InChI=1S/C26H26F3N5O4/c1-16(2)37-25(36)33(3)20-11-7-8-14-34(20)19-13-12-18(15-30-19)31-23(35)21-22(26(27,28)29)38-24(32-21)17-9-5-4-6-10-17/h4-6,9-10,12-13,15,20H,1,7-8,11,14H2,2-3H3,(H,31,35). The summed E-state index contributed by atoms with van der Waals surface area (Å²) in [6, 6.07) is 11.1. The fourth-order valence-corrected chi connectivity index (χ4v) is 4.12. The zero-order valence-electron chi connectivity index (χ0n) is 20.8. The molecule has 0 spiro atoms. The first-order valence-corrected chi connectivity index (χ1v) is 11.8. The molecule has 0 bridgehead atoms. The molecule has 0 aliphatic carbocycles. The van der Waals surface area contributed by atoms with Crippen molar-refractivity contribution in [2.24, 2.45) is 0 Å². The quantitative estimate of drug-likeness (QED) is 0.395. The second kappa shape index (κ2) is 11.0. The minimum Gasteiger partial charge on any atom is -0.431 e. The van der Waals surface area contributed by atoms with Crippen molar-refractivity contribution in [3.63, 3.8) is 0 Å². The number of allylic oxidation sites excluding steroid dienone is 1. The number of anilines is 2. The summed E-state index contributed by atoms with van der Waals surface area (Å²) in [7, 11) is 1.63. The monoisotopic (exact) mass is 529 g/mol. The Bertz CT molecular complexity index is 1310. The maximum atomic E-state index is 13.6. The van der Waals surface area contributed by atoms with Crippen molar-refractivity contribution in [2.75, 3.05) is 23.8 Å². The van der Waals surface area contributed by atoms with Crippen molar-refractivity contribution in [3.05, 3.63) is 72.5 Å². The Hall–Kier alpha value is -4.35. The lowest BCUT2D eigenvalue weighted by molar-refractivity contribution is -0.153. The summed E-state index contributed by atoms with van der Waals surface area (Å²) in [5.41, 5.74) is -0.412. The molecule has 1 aliphatic rings. The SMILES string of the molecule is C=C(C)OC(=O)N(C)C1CCCCN1c1ccc(NC(=O)c2nc(-c3ccccc3)oc2C(F)(F)F)cn1. The predicted molar refractivity (Wildman–Crippen MR) is 133 cm³/mol. The Morgan fingerprint density at radius 3 is 2.55 bits per heavy atom. The van der Waals surface area contributed by atoms with Gasteiger partial charge in [0.1, 0.15) is 12.0 Å². The number of carbonyl (C=O) groups is 2. The van der Waals surface area contributed by atoms with E-state index >= 15 is 0 Å². The van der Waals surface area contributed by atoms with Crippen LogP contribution in [0.15, 0.2) is 65.4 Å². The van der Waals surface area contributed by atoms with E-state index in [1.54, 1.807) is 38.2 Å². The number of piperidine rings is 1. The fraction of sp³-hybridized carbons (Fsp3) is 0.308. The van der Waals surface area contributed by atoms with E-state index in [4.69, 9.17) is 9.15 Å². The van der Waals surface area contributed by atoms with Crippen LogP contribution in [0.1, 0.15) is 42.4 Å². The zero-order chi connectivity index (χ0) is 27.4. The Labute approximate surface area is 216 Å². The van der Waals surface area contributed by atoms with Crippen LogP contribution in [-0.4, -0.2) is 46.6 Å². The summed E-state index contributed by atoms with van der Waals surface area (Å²) >= 11 is 0. The van der Waals surface area contributed by atoms with Gasteiger partial charge in [-0.2, -0.15) is 13.2 Å². The van der Waals surface area contributed by atoms with Crippen molar-refractivity contribution in [1.29, 1.82) is 0 Å². The van der Waals surface area contributed by atoms with E-state index in [1.165, 1.54) is 29.3 Å². The molecule has 4 rings (SSSR count). The van der Waals surface area contributed by atoms with Gasteiger partial charge in [0, 0.05) is 19.2 Å². The summed E-state index contributed by atoms with van der Waals surface area (Å²) in [6.45, 7) is 5.80. The molecule has 2 amide bonds. The molecule has 2 aromatic heterocycles. The van der Waals surface area contributed by atoms with Gasteiger partial charge in [0.05, 0.1) is 17.6 Å². The van der Waals surface area contributed by atoms with Gasteiger partial charge < -0.3 is 19.4 Å². The Morgan fingerprint density at radius 2 is 1.92 bits per heavy atom. The molecule has 9 nitrogen and oxygen atoms in total. The number of oxazole rings is 1. The van der Waals surface area contributed by atoms with Crippen LogP contribution in [0.5, 0.6) is 0 Å². The third kappa shape index (κ3) is 5.96. The van der Waals surface area contributed by atoms with Gasteiger partial charge in [-0.15, -0.1) is 0 Å². The molecular weight excluding hydrogens is 503 g/mol. The lowest BCUT2D eigenvalue weighted by atomic mass is 10.1. The van der Waals surface area contributed by atoms with E-state index in [1.807, 2.05) is 4.90 Å². The second-order valence-corrected chi connectivity index (χ2v) is 8.77. The van der Waals surface area contributed by atoms with Crippen molar-refractivity contribution >= 4 is 23.5 Å². The number of nitrogens with one attached hydrogen (secondary N) is 1. The number of hydrogen-bond donors (Lipinski definition) is 1. The van der Waals surface area contributed by atoms with Crippen LogP contribution in [0, 0.1) is 0 Å². The highest BCUT2D eigenvalue weighted by atomic mass is 19.4. The molecule has 1 aromatic carbocycles. The van der Waals surface area contributed by atoms with Gasteiger partial charge in [0.25, 0.3) is 5.91 Å². The minimum atomic E-state index is -4.92. The number of amides is 2. The molecule has 1 aliphatic heterocycles. The van der Waals surface area contributed by atoms with Gasteiger partial charge in [-0.1, -0.05) is 24.8 Å². The number of nitrogens with zero attached hydrogens (tertiary/aromatic N) is 4. The Morgan fingerprint density at radius 1 is 1.18 bits per heavy atom. The molecule has 3 heterocycles. The smallest absolute Gasteiger partial charge is 0.431 e. The number of halogens is 3. The van der Waals surface area contributed by atoms with Crippen LogP contribution in [0.25, 0.3) is 11.5 Å². The van der Waals surface area contributed by atoms with Crippen LogP contribution in [0.4, 0.5) is 29.5 Å². The Balaban J connectivity index is 1.52. The summed E-state index contributed by atoms with van der Waals surface area (Å²) in [5, 5.41) is 2.40. The number of carbonyl (C=O) groups excluding carboxylic acids is 2. The van der Waals surface area contributed by atoms with Crippen molar-refractivity contribution in [1.82, 2.24) is 14.9 Å². The largest absolute Gasteiger partial charge is 0.452 e. The molecule has 0 radical (unpaired) electrons. The van der Waals surface area contributed by atoms with E-state index in [0.29, 0.717) is 24.3 Å². The maximum absolute atomic E-state index is 13.6. The van der Waals surface area contributed by atoms with E-state index in [-0.39, 0.29) is 23.5 Å². The van der Waals surface area contributed by atoms with Gasteiger partial charge >= 0.3 is 12.3 Å². The number of benzene rings is 1.